The molecule has 10 aromatic carbocycles. The monoisotopic (exact) mass is 1860 g/mol. The fraction of sp³-hybridized carbons (Fsp3) is 0.213. The van der Waals surface area contributed by atoms with Gasteiger partial charge in [0.2, 0.25) is 17.9 Å². The van der Waals surface area contributed by atoms with Crippen LogP contribution in [0, 0.1) is 69.2 Å². The molecule has 0 spiro atoms. The largest absolute Gasteiger partial charge is 0.265 e. The first-order valence-electron chi connectivity index (χ1n) is 50.0. The van der Waals surface area contributed by atoms with Gasteiger partial charge in [-0.05, 0) is 213 Å². The zero-order valence-corrected chi connectivity index (χ0v) is 86.0. The van der Waals surface area contributed by atoms with E-state index in [-0.39, 0.29) is 0 Å². The van der Waals surface area contributed by atoms with E-state index in [1.807, 2.05) is 6.20 Å². The highest BCUT2D eigenvalue weighted by molar-refractivity contribution is 6.20. The average molecular weight is 1860 g/mol. The van der Waals surface area contributed by atoms with E-state index >= 15 is 0 Å². The maximum atomic E-state index is 5.03. The molecule has 0 saturated heterocycles. The Balaban J connectivity index is 0.000000107. The Morgan fingerprint density at radius 1 is 0.275 bits per heavy atom. The molecular weight excluding hydrogens is 1740 g/mol. The Kier molecular flexibility index (Phi) is 23.8. The minimum Gasteiger partial charge on any atom is -0.254 e. The summed E-state index contributed by atoms with van der Waals surface area (Å²) in [7, 11) is 10.6. The van der Waals surface area contributed by atoms with Crippen LogP contribution in [0.25, 0.3) is 192 Å². The number of aromatic nitrogens is 15. The second kappa shape index (κ2) is 36.7. The Labute approximate surface area is 829 Å². The van der Waals surface area contributed by atoms with Gasteiger partial charge in [-0.15, -0.1) is 36.8 Å². The summed E-state index contributed by atoms with van der Waals surface area (Å²) in [5.74, 6) is 1.74. The third kappa shape index (κ3) is 15.5. The summed E-state index contributed by atoms with van der Waals surface area (Å²) in [4.78, 5) is 24.9. The predicted molar refractivity (Wildman–Crippen MR) is 588 cm³/mol. The predicted octanol–water partition coefficient (Wildman–Crippen LogP) is 28.2. The molecular formula is C127H124N15+5. The van der Waals surface area contributed by atoms with Gasteiger partial charge in [-0.25, -0.2) is 4.98 Å². The number of nitrogens with zero attached hydrogens (tertiary/aromatic N) is 15. The molecule has 0 atom stereocenters. The first kappa shape index (κ1) is 92.4. The number of pyridine rings is 10. The molecule has 15 nitrogen and oxygen atoms in total. The fourth-order valence-electron chi connectivity index (χ4n) is 22.6. The molecule has 0 saturated carbocycles. The number of hydrogen-bond donors (Lipinski definition) is 0. The van der Waals surface area contributed by atoms with E-state index in [0.717, 1.165) is 55.9 Å². The zero-order valence-electron chi connectivity index (χ0n) is 86.0. The quantitative estimate of drug-likeness (QED) is 0.106. The minimum atomic E-state index is 0.424. The molecule has 0 aliphatic carbocycles. The van der Waals surface area contributed by atoms with Crippen molar-refractivity contribution < 1.29 is 23.2 Å². The summed E-state index contributed by atoms with van der Waals surface area (Å²) in [6.07, 6.45) is 10.7. The van der Waals surface area contributed by atoms with Crippen LogP contribution in [0.1, 0.15) is 158 Å². The molecule has 702 valence electrons. The van der Waals surface area contributed by atoms with Crippen LogP contribution >= 0.6 is 0 Å². The summed E-state index contributed by atoms with van der Waals surface area (Å²) >= 11 is 0. The lowest BCUT2D eigenvalue weighted by atomic mass is 9.85. The number of fused-ring (bicyclic) bond motifs is 30. The van der Waals surface area contributed by atoms with Crippen molar-refractivity contribution in [2.75, 3.05) is 0 Å². The average Bonchev–Trinajstić information content (AvgIpc) is 1.58. The van der Waals surface area contributed by atoms with Crippen LogP contribution in [0.3, 0.4) is 0 Å². The molecule has 142 heavy (non-hydrogen) atoms. The van der Waals surface area contributed by atoms with Crippen molar-refractivity contribution in [3.05, 3.63) is 389 Å². The van der Waals surface area contributed by atoms with E-state index < -0.39 is 0 Å². The Morgan fingerprint density at radius 3 is 1.18 bits per heavy atom. The van der Waals surface area contributed by atoms with Crippen molar-refractivity contribution in [3.8, 4) is 55.6 Å². The molecule has 15 heterocycles. The van der Waals surface area contributed by atoms with Crippen LogP contribution in [-0.2, 0) is 35.2 Å². The third-order valence-electron chi connectivity index (χ3n) is 29.2. The van der Waals surface area contributed by atoms with E-state index in [1.165, 1.54) is 215 Å². The van der Waals surface area contributed by atoms with Gasteiger partial charge in [-0.3, -0.25) is 19.9 Å². The lowest BCUT2D eigenvalue weighted by Gasteiger charge is -2.19. The smallest absolute Gasteiger partial charge is 0.254 e. The van der Waals surface area contributed by atoms with Crippen LogP contribution < -0.4 is 23.2 Å². The van der Waals surface area contributed by atoms with Gasteiger partial charge >= 0.3 is 0 Å². The molecule has 0 fully saturated rings. The highest BCUT2D eigenvalue weighted by atomic mass is 15.4. The fourth-order valence-corrected chi connectivity index (χ4v) is 22.6. The third-order valence-corrected chi connectivity index (χ3v) is 29.2. The second-order valence-corrected chi connectivity index (χ2v) is 40.3. The van der Waals surface area contributed by atoms with E-state index in [1.54, 1.807) is 0 Å². The van der Waals surface area contributed by atoms with Crippen molar-refractivity contribution in [2.24, 2.45) is 35.2 Å². The van der Waals surface area contributed by atoms with Crippen molar-refractivity contribution in [3.63, 3.8) is 0 Å². The van der Waals surface area contributed by atoms with Crippen LogP contribution in [0.15, 0.2) is 310 Å². The Morgan fingerprint density at radius 2 is 0.669 bits per heavy atom. The van der Waals surface area contributed by atoms with Crippen molar-refractivity contribution in [1.29, 1.82) is 0 Å². The molecule has 0 bridgehead atoms. The molecule has 15 aromatic heterocycles. The number of benzene rings is 10. The molecule has 0 amide bonds. The first-order chi connectivity index (χ1) is 68.5. The number of hydrogen-bond acceptors (Lipinski definition) is 5. The zero-order chi connectivity index (χ0) is 99.0. The minimum absolute atomic E-state index is 0.424. The molecule has 25 rings (SSSR count). The van der Waals surface area contributed by atoms with Gasteiger partial charge in [-0.2, -0.15) is 4.68 Å². The topological polar surface area (TPSA) is 107 Å². The summed E-state index contributed by atoms with van der Waals surface area (Å²) < 4.78 is 22.5. The van der Waals surface area contributed by atoms with Gasteiger partial charge in [-0.1, -0.05) is 284 Å². The lowest BCUT2D eigenvalue weighted by molar-refractivity contribution is -0.735. The highest BCUT2D eigenvalue weighted by Crippen LogP contribution is 2.48. The Bertz CT molecular complexity index is 9320. The van der Waals surface area contributed by atoms with E-state index in [2.05, 4.69) is 510 Å². The first-order valence-corrected chi connectivity index (χ1v) is 50.0. The summed E-state index contributed by atoms with van der Waals surface area (Å²) in [6.45, 7) is 39.6. The van der Waals surface area contributed by atoms with Gasteiger partial charge in [0.15, 0.2) is 40.6 Å². The molecule has 0 unspecified atom stereocenters. The van der Waals surface area contributed by atoms with Crippen molar-refractivity contribution >= 4 is 137 Å². The normalized spacial score (nSPS) is 11.9. The van der Waals surface area contributed by atoms with Gasteiger partial charge in [0.05, 0.1) is 29.3 Å². The maximum absolute atomic E-state index is 5.03. The van der Waals surface area contributed by atoms with Crippen molar-refractivity contribution in [1.82, 2.24) is 47.7 Å². The van der Waals surface area contributed by atoms with Gasteiger partial charge < -0.3 is 0 Å². The van der Waals surface area contributed by atoms with Crippen LogP contribution in [0.5, 0.6) is 0 Å². The van der Waals surface area contributed by atoms with Gasteiger partial charge in [0.25, 0.3) is 5.52 Å². The molecule has 0 N–H and O–H groups in total. The van der Waals surface area contributed by atoms with E-state index in [9.17, 15) is 0 Å². The summed E-state index contributed by atoms with van der Waals surface area (Å²) in [6, 6.07) is 100. The molecule has 0 aliphatic rings. The SMILES string of the molecule is Cc1cc(C(C)C)nc2c3ccccc3c3cc(C)n(C)[n+]3c12.Cc1cc(C(C)C)nc2c3ccccc3c3cc[n+](C)n3c12.Cc1cc(C)c2c(n1)c1ccccc1c1c(-c3c(-c4ccccc4)cccc3-c3ccccc3)c[n+](C)n12.Cc1cc(C)c2c(n1)c1ccccc1c1c(-c3c(C(C)C)cccc3C(C)C)c[n+](C)n12.Cc1cccc(C)c1-c1cccc2c1c1nccc(C)c1n1c2cc[n+]1C. The molecule has 0 aliphatic heterocycles. The molecule has 25 aromatic rings. The highest BCUT2D eigenvalue weighted by Gasteiger charge is 2.33. The summed E-state index contributed by atoms with van der Waals surface area (Å²) in [5.41, 5.74) is 47.3. The summed E-state index contributed by atoms with van der Waals surface area (Å²) in [5, 5.41) is 12.3. The second-order valence-electron chi connectivity index (χ2n) is 40.3. The lowest BCUT2D eigenvalue weighted by Crippen LogP contribution is -2.34. The van der Waals surface area contributed by atoms with Gasteiger partial charge in [0, 0.05) is 107 Å². The standard InChI is InChI=1S/C35H28N3.C29H32N3.C24H22N3.C20H22N3.C19H20N3/c1-23-21-24(2)36-33-29-17-10-11-18-30(29)35-31(22-37(3)38(35)34(23)33)32-27(25-13-6-4-7-14-25)19-12-20-28(32)26-15-8-5-9-16-26;1-17(2)21-13-10-14-22(18(3)4)26(21)25-16-31(7)32-28-19(5)15-20(6)30-27(28)23-11-8-9-12-24(23)29(25)32;1-15-7-5-8-16(2)21(15)19-10-6-9-18-20-12-14-26(4)27(20)24-17(3)11-13-25-23(24)22(18)19;1-12(2)17-10-13(3)20-19(21-17)16-9-7-6-8-15(16)18-11-14(4)22(5)23(18)20;1-12(2)16-11-13(3)19-18(20-16)15-8-6-5-7-14(15)17-9-10-21(4)22(17)19/h4-22H,1-3H3;8-18H,1-7H3;5-14H,1-4H3;6-12H,1-5H3;5-12H,1-4H3/q5*+1. The van der Waals surface area contributed by atoms with Crippen LogP contribution in [-0.4, -0.2) is 47.7 Å². The molecule has 0 radical (unpaired) electrons. The van der Waals surface area contributed by atoms with Crippen LogP contribution in [0.2, 0.25) is 0 Å². The maximum Gasteiger partial charge on any atom is 0.265 e. The van der Waals surface area contributed by atoms with Crippen LogP contribution in [0.4, 0.5) is 0 Å². The van der Waals surface area contributed by atoms with Crippen molar-refractivity contribution in [2.45, 2.75) is 148 Å². The Hall–Kier alpha value is -16.0. The number of rotatable bonds is 9. The van der Waals surface area contributed by atoms with Gasteiger partial charge in [0.1, 0.15) is 71.7 Å². The molecule has 15 heteroatoms. The van der Waals surface area contributed by atoms with E-state index in [4.69, 9.17) is 24.9 Å². The number of aryl methyl sites for hydroxylation is 15. The van der Waals surface area contributed by atoms with E-state index in [0.29, 0.717) is 23.7 Å².